The maximum absolute atomic E-state index is 15.0. The van der Waals surface area contributed by atoms with E-state index in [4.69, 9.17) is 28.8 Å². The van der Waals surface area contributed by atoms with Crippen molar-refractivity contribution in [3.63, 3.8) is 0 Å². The summed E-state index contributed by atoms with van der Waals surface area (Å²) >= 11 is 6.22. The summed E-state index contributed by atoms with van der Waals surface area (Å²) in [4.78, 5) is 24.1. The number of H-pyrrole nitrogens is 1. The summed E-state index contributed by atoms with van der Waals surface area (Å²) in [5.74, 6) is -0.515. The number of hydrogen-bond donors (Lipinski definition) is 6. The molecular weight excluding hydrogens is 547 g/mol. The van der Waals surface area contributed by atoms with Crippen LogP contribution in [0.15, 0.2) is 58.4 Å². The monoisotopic (exact) mass is 582 g/mol. The fraction of sp³-hybridized carbons (Fsp3) is 0.345. The number of aromatic amines is 1. The third-order valence-corrected chi connectivity index (χ3v) is 7.09. The Morgan fingerprint density at radius 2 is 1.95 bits per heavy atom. The second kappa shape index (κ2) is 13.7. The van der Waals surface area contributed by atoms with Gasteiger partial charge in [-0.15, -0.1) is 0 Å². The van der Waals surface area contributed by atoms with Gasteiger partial charge in [0, 0.05) is 42.3 Å². The Morgan fingerprint density at radius 3 is 2.63 bits per heavy atom. The third-order valence-electron chi connectivity index (χ3n) is 6.81. The van der Waals surface area contributed by atoms with E-state index >= 15 is 4.39 Å². The Bertz CT molecular complexity index is 1560. The second-order valence-corrected chi connectivity index (χ2v) is 10.6. The zero-order chi connectivity index (χ0) is 29.5. The molecule has 0 spiro atoms. The van der Waals surface area contributed by atoms with Crippen LogP contribution in [0.3, 0.4) is 0 Å². The van der Waals surface area contributed by atoms with Crippen LogP contribution in [0.1, 0.15) is 37.3 Å². The van der Waals surface area contributed by atoms with Gasteiger partial charge in [-0.25, -0.2) is 9.18 Å². The topological polar surface area (TPSA) is 173 Å². The number of benzene rings is 2. The molecule has 2 atom stereocenters. The molecule has 0 aliphatic heterocycles. The summed E-state index contributed by atoms with van der Waals surface area (Å²) in [6, 6.07) is 12.5. The van der Waals surface area contributed by atoms with E-state index in [9.17, 15) is 9.90 Å². The Labute approximate surface area is 242 Å². The standard InChI is InChI=1S/C29H36ClFN8O2/c1-17(32)3-2-4-19-11-23(26(31)24(30)12-19)25-13-20-15-39(29(41)38-27(20)37-25)22-7-5-18(6-8-22)14-36-21(16-40)9-10-35-28(33)34/h5-8,11-13,15,17,21,36,40H,2-4,9-10,14,16,32H2,1H3,(H4,33,34,35)(H,37,38,41)/t17-,21-/m0/s1. The predicted octanol–water partition coefficient (Wildman–Crippen LogP) is 2.96. The summed E-state index contributed by atoms with van der Waals surface area (Å²) in [6.45, 7) is 2.83. The van der Waals surface area contributed by atoms with Crippen LogP contribution in [0.2, 0.25) is 5.02 Å². The van der Waals surface area contributed by atoms with Crippen molar-refractivity contribution in [2.75, 3.05) is 13.2 Å². The van der Waals surface area contributed by atoms with Crippen LogP contribution < -0.4 is 28.2 Å². The first-order valence-corrected chi connectivity index (χ1v) is 13.9. The highest BCUT2D eigenvalue weighted by molar-refractivity contribution is 6.31. The van der Waals surface area contributed by atoms with Gasteiger partial charge >= 0.3 is 5.69 Å². The number of hydrogen-bond acceptors (Lipinski definition) is 6. The lowest BCUT2D eigenvalue weighted by molar-refractivity contribution is 0.236. The molecule has 0 saturated carbocycles. The molecule has 4 rings (SSSR count). The van der Waals surface area contributed by atoms with Gasteiger partial charge in [-0.2, -0.15) is 4.98 Å². The van der Waals surface area contributed by atoms with Crippen molar-refractivity contribution in [1.29, 1.82) is 0 Å². The van der Waals surface area contributed by atoms with Crippen molar-refractivity contribution < 1.29 is 9.50 Å². The first-order chi connectivity index (χ1) is 19.6. The van der Waals surface area contributed by atoms with E-state index in [0.29, 0.717) is 47.5 Å². The highest BCUT2D eigenvalue weighted by atomic mass is 35.5. The van der Waals surface area contributed by atoms with Gasteiger partial charge in [-0.1, -0.05) is 23.7 Å². The van der Waals surface area contributed by atoms with Crippen LogP contribution in [-0.2, 0) is 13.0 Å². The number of nitrogens with zero attached hydrogens (tertiary/aromatic N) is 3. The van der Waals surface area contributed by atoms with Gasteiger partial charge in [-0.05, 0) is 74.1 Å². The molecule has 0 radical (unpaired) electrons. The molecule has 0 fully saturated rings. The van der Waals surface area contributed by atoms with Crippen molar-refractivity contribution in [1.82, 2.24) is 19.9 Å². The summed E-state index contributed by atoms with van der Waals surface area (Å²) in [6.07, 6.45) is 4.70. The lowest BCUT2D eigenvalue weighted by Gasteiger charge is -2.15. The molecule has 12 heteroatoms. The van der Waals surface area contributed by atoms with Gasteiger partial charge in [0.1, 0.15) is 5.65 Å². The number of nitrogens with one attached hydrogen (secondary N) is 2. The molecule has 41 heavy (non-hydrogen) atoms. The zero-order valence-corrected chi connectivity index (χ0v) is 23.7. The summed E-state index contributed by atoms with van der Waals surface area (Å²) in [7, 11) is 0. The smallest absolute Gasteiger partial charge is 0.354 e. The summed E-state index contributed by atoms with van der Waals surface area (Å²) in [5, 5.41) is 13.6. The van der Waals surface area contributed by atoms with E-state index in [2.05, 4.69) is 20.3 Å². The molecule has 2 aromatic heterocycles. The minimum atomic E-state index is -0.534. The molecule has 0 aliphatic rings. The van der Waals surface area contributed by atoms with Gasteiger partial charge in [-0.3, -0.25) is 9.56 Å². The number of aromatic nitrogens is 3. The van der Waals surface area contributed by atoms with Crippen LogP contribution in [-0.4, -0.2) is 50.8 Å². The van der Waals surface area contributed by atoms with Crippen LogP contribution in [0, 0.1) is 5.82 Å². The normalized spacial score (nSPS) is 12.9. The lowest BCUT2D eigenvalue weighted by atomic mass is 10.0. The molecule has 0 saturated heterocycles. The molecule has 9 N–H and O–H groups in total. The molecule has 0 unspecified atom stereocenters. The quantitative estimate of drug-likeness (QED) is 0.104. The number of rotatable bonds is 13. The molecule has 2 aromatic carbocycles. The van der Waals surface area contributed by atoms with E-state index in [0.717, 1.165) is 30.4 Å². The second-order valence-electron chi connectivity index (χ2n) is 10.2. The highest BCUT2D eigenvalue weighted by Gasteiger charge is 2.16. The molecule has 218 valence electrons. The number of aliphatic hydroxyl groups excluding tert-OH is 1. The van der Waals surface area contributed by atoms with Crippen molar-refractivity contribution >= 4 is 28.6 Å². The molecule has 4 aromatic rings. The maximum Gasteiger partial charge on any atom is 0.354 e. The van der Waals surface area contributed by atoms with E-state index < -0.39 is 11.5 Å². The zero-order valence-electron chi connectivity index (χ0n) is 22.9. The van der Waals surface area contributed by atoms with E-state index in [1.54, 1.807) is 24.4 Å². The van der Waals surface area contributed by atoms with Gasteiger partial charge in [0.05, 0.1) is 23.0 Å². The lowest BCUT2D eigenvalue weighted by Crippen LogP contribution is -2.33. The van der Waals surface area contributed by atoms with E-state index in [-0.39, 0.29) is 29.7 Å². The molecule has 2 heterocycles. The Morgan fingerprint density at radius 1 is 1.20 bits per heavy atom. The molecule has 0 aliphatic carbocycles. The number of aryl methyl sites for hydroxylation is 1. The number of guanidine groups is 1. The highest BCUT2D eigenvalue weighted by Crippen LogP contribution is 2.31. The van der Waals surface area contributed by atoms with Gasteiger partial charge in [0.2, 0.25) is 0 Å². The maximum atomic E-state index is 15.0. The molecular formula is C29H36ClFN8O2. The number of aliphatic hydroxyl groups is 1. The first kappa shape index (κ1) is 30.2. The van der Waals surface area contributed by atoms with E-state index in [1.165, 1.54) is 4.57 Å². The minimum absolute atomic E-state index is 0.0191. The minimum Gasteiger partial charge on any atom is -0.395 e. The van der Waals surface area contributed by atoms with Crippen molar-refractivity contribution in [3.8, 4) is 16.9 Å². The summed E-state index contributed by atoms with van der Waals surface area (Å²) < 4.78 is 16.5. The van der Waals surface area contributed by atoms with E-state index in [1.807, 2.05) is 31.2 Å². The molecule has 10 nitrogen and oxygen atoms in total. The average molecular weight is 583 g/mol. The number of nitrogens with two attached hydrogens (primary N) is 3. The van der Waals surface area contributed by atoms with Gasteiger partial charge < -0.3 is 32.6 Å². The van der Waals surface area contributed by atoms with Crippen LogP contribution in [0.4, 0.5) is 4.39 Å². The number of fused-ring (bicyclic) bond motifs is 1. The third kappa shape index (κ3) is 7.92. The van der Waals surface area contributed by atoms with Crippen LogP contribution in [0.5, 0.6) is 0 Å². The first-order valence-electron chi connectivity index (χ1n) is 13.5. The largest absolute Gasteiger partial charge is 0.395 e. The van der Waals surface area contributed by atoms with Crippen molar-refractivity contribution in [3.05, 3.63) is 81.1 Å². The number of aliphatic imine (C=N–C) groups is 1. The Hall–Kier alpha value is -3.77. The van der Waals surface area contributed by atoms with Crippen LogP contribution >= 0.6 is 11.6 Å². The fourth-order valence-electron chi connectivity index (χ4n) is 4.58. The van der Waals surface area contributed by atoms with Gasteiger partial charge in [0.25, 0.3) is 0 Å². The Kier molecular flexibility index (Phi) is 10.1. The SMILES string of the molecule is C[C@H](N)CCCc1cc(Cl)c(F)c(-c2cc3cn(-c4ccc(CN[C@H](CO)CCN=C(N)N)cc4)c(=O)nc3[nH]2)c1. The molecule has 0 amide bonds. The van der Waals surface area contributed by atoms with Crippen molar-refractivity contribution in [2.24, 2.45) is 22.2 Å². The Balaban J connectivity index is 1.52. The predicted molar refractivity (Wildman–Crippen MR) is 162 cm³/mol. The fourth-order valence-corrected chi connectivity index (χ4v) is 4.82. The average Bonchev–Trinajstić information content (AvgIpc) is 3.34. The van der Waals surface area contributed by atoms with Crippen LogP contribution in [0.25, 0.3) is 28.0 Å². The number of halogens is 2. The van der Waals surface area contributed by atoms with Gasteiger partial charge in [0.15, 0.2) is 11.8 Å². The summed E-state index contributed by atoms with van der Waals surface area (Å²) in [5.41, 5.74) is 19.7. The van der Waals surface area contributed by atoms with Crippen molar-refractivity contribution in [2.45, 2.75) is 51.2 Å². The molecule has 0 bridgehead atoms.